The van der Waals surface area contributed by atoms with Crippen molar-refractivity contribution in [3.63, 3.8) is 0 Å². The van der Waals surface area contributed by atoms with Gasteiger partial charge in [-0.3, -0.25) is 0 Å². The van der Waals surface area contributed by atoms with E-state index >= 15 is 0 Å². The van der Waals surface area contributed by atoms with Gasteiger partial charge in [0.1, 0.15) is 0 Å². The zero-order valence-electron chi connectivity index (χ0n) is 21.1. The summed E-state index contributed by atoms with van der Waals surface area (Å²) >= 11 is 3.63. The van der Waals surface area contributed by atoms with Crippen LogP contribution in [0.5, 0.6) is 0 Å². The van der Waals surface area contributed by atoms with Crippen LogP contribution in [0.3, 0.4) is 0 Å². The maximum absolute atomic E-state index is 5.19. The second-order valence-corrected chi connectivity index (χ2v) is 11.8. The van der Waals surface area contributed by atoms with Crippen LogP contribution in [-0.4, -0.2) is 15.0 Å². The Morgan fingerprint density at radius 1 is 0.436 bits per heavy atom. The zero-order chi connectivity index (χ0) is 25.9. The van der Waals surface area contributed by atoms with Crippen molar-refractivity contribution < 1.29 is 0 Å². The van der Waals surface area contributed by atoms with Gasteiger partial charge < -0.3 is 0 Å². The molecular formula is C34H21N3S2. The summed E-state index contributed by atoms with van der Waals surface area (Å²) in [7, 11) is 0. The fourth-order valence-electron chi connectivity index (χ4n) is 5.52. The molecule has 39 heavy (non-hydrogen) atoms. The van der Waals surface area contributed by atoms with Crippen molar-refractivity contribution in [1.82, 2.24) is 15.0 Å². The van der Waals surface area contributed by atoms with Crippen molar-refractivity contribution in [2.24, 2.45) is 0 Å². The molecule has 0 amide bonds. The van der Waals surface area contributed by atoms with Gasteiger partial charge in [0.15, 0.2) is 17.5 Å². The predicted octanol–water partition coefficient (Wildman–Crippen LogP) is 9.92. The van der Waals surface area contributed by atoms with Crippen molar-refractivity contribution >= 4 is 63.0 Å². The van der Waals surface area contributed by atoms with Crippen LogP contribution in [0.25, 0.3) is 74.5 Å². The molecular weight excluding hydrogens is 515 g/mol. The van der Waals surface area contributed by atoms with E-state index in [1.165, 1.54) is 45.9 Å². The number of aromatic nitrogens is 3. The number of hydrogen-bond donors (Lipinski definition) is 0. The van der Waals surface area contributed by atoms with Crippen LogP contribution in [0.2, 0.25) is 0 Å². The van der Waals surface area contributed by atoms with Crippen molar-refractivity contribution in [3.8, 4) is 34.2 Å². The second kappa shape index (κ2) is 8.80. The van der Waals surface area contributed by atoms with E-state index in [1.54, 1.807) is 0 Å². The fourth-order valence-corrected chi connectivity index (χ4v) is 7.86. The third-order valence-corrected chi connectivity index (χ3v) is 9.54. The third-order valence-electron chi connectivity index (χ3n) is 7.28. The number of nitrogens with zero attached hydrogens (tertiary/aromatic N) is 3. The first-order valence-corrected chi connectivity index (χ1v) is 14.5. The molecule has 0 bridgehead atoms. The predicted molar refractivity (Wildman–Crippen MR) is 167 cm³/mol. The smallest absolute Gasteiger partial charge is 0.164 e. The number of benzene rings is 5. The molecule has 0 spiro atoms. The van der Waals surface area contributed by atoms with Gasteiger partial charge in [0.05, 0.1) is 0 Å². The Kier molecular flexibility index (Phi) is 5.08. The number of fused-ring (bicyclic) bond motifs is 6. The number of hydrogen-bond acceptors (Lipinski definition) is 5. The van der Waals surface area contributed by atoms with Crippen LogP contribution in [0.1, 0.15) is 5.56 Å². The molecule has 0 aliphatic heterocycles. The van der Waals surface area contributed by atoms with Gasteiger partial charge in [-0.15, -0.1) is 22.7 Å². The average Bonchev–Trinajstić information content (AvgIpc) is 3.56. The summed E-state index contributed by atoms with van der Waals surface area (Å²) in [4.78, 5) is 15.3. The van der Waals surface area contributed by atoms with E-state index < -0.39 is 0 Å². The molecule has 0 fully saturated rings. The van der Waals surface area contributed by atoms with Crippen LogP contribution in [0, 0.1) is 6.92 Å². The Balaban J connectivity index is 1.47. The normalized spacial score (nSPS) is 11.7. The SMILES string of the molecule is Cc1cccc2sc3cccc(-c4nc(-c5ccccc5)nc(-c5cccc6sc7ccccc7c56)n4)c3c12. The van der Waals surface area contributed by atoms with Gasteiger partial charge in [0.25, 0.3) is 0 Å². The average molecular weight is 536 g/mol. The zero-order valence-corrected chi connectivity index (χ0v) is 22.7. The van der Waals surface area contributed by atoms with Gasteiger partial charge in [-0.25, -0.2) is 15.0 Å². The highest BCUT2D eigenvalue weighted by molar-refractivity contribution is 7.26. The lowest BCUT2D eigenvalue weighted by atomic mass is 10.0. The molecule has 0 saturated carbocycles. The van der Waals surface area contributed by atoms with E-state index in [0.29, 0.717) is 17.5 Å². The monoisotopic (exact) mass is 535 g/mol. The summed E-state index contributed by atoms with van der Waals surface area (Å²) in [5.74, 6) is 2.07. The largest absolute Gasteiger partial charge is 0.208 e. The molecule has 3 nitrogen and oxygen atoms in total. The Morgan fingerprint density at radius 3 is 1.74 bits per heavy atom. The summed E-state index contributed by atoms with van der Waals surface area (Å²) < 4.78 is 5.02. The molecule has 3 aromatic heterocycles. The van der Waals surface area contributed by atoms with E-state index in [0.717, 1.165) is 16.7 Å². The van der Waals surface area contributed by atoms with Crippen LogP contribution >= 0.6 is 22.7 Å². The molecule has 0 radical (unpaired) electrons. The van der Waals surface area contributed by atoms with Gasteiger partial charge in [0, 0.05) is 57.0 Å². The summed E-state index contributed by atoms with van der Waals surface area (Å²) in [6.45, 7) is 2.18. The van der Waals surface area contributed by atoms with Gasteiger partial charge in [-0.05, 0) is 36.8 Å². The summed E-state index contributed by atoms with van der Waals surface area (Å²) in [5, 5.41) is 4.93. The molecule has 8 aromatic rings. The standard InChI is InChI=1S/C34H21N3S2/c1-20-10-7-17-26-29(20)31-24(15-9-19-28(31)39-26)34-36-32(21-11-3-2-4-12-21)35-33(37-34)23-14-8-18-27-30(23)22-13-5-6-16-25(22)38-27/h2-19H,1H3. The Bertz CT molecular complexity index is 2190. The molecule has 0 aliphatic carbocycles. The van der Waals surface area contributed by atoms with E-state index in [9.17, 15) is 0 Å². The highest BCUT2D eigenvalue weighted by atomic mass is 32.1. The van der Waals surface area contributed by atoms with E-state index in [-0.39, 0.29) is 0 Å². The lowest BCUT2D eigenvalue weighted by Crippen LogP contribution is -2.00. The van der Waals surface area contributed by atoms with Crippen molar-refractivity contribution in [1.29, 1.82) is 0 Å². The minimum absolute atomic E-state index is 0.681. The molecule has 0 unspecified atom stereocenters. The van der Waals surface area contributed by atoms with Gasteiger partial charge in [-0.2, -0.15) is 0 Å². The first kappa shape index (κ1) is 22.5. The quantitative estimate of drug-likeness (QED) is 0.226. The van der Waals surface area contributed by atoms with E-state index in [2.05, 4.69) is 97.9 Å². The summed E-state index contributed by atoms with van der Waals surface area (Å²) in [6.07, 6.45) is 0. The number of rotatable bonds is 3. The molecule has 0 atom stereocenters. The van der Waals surface area contributed by atoms with Gasteiger partial charge >= 0.3 is 0 Å². The second-order valence-electron chi connectivity index (χ2n) is 9.68. The minimum Gasteiger partial charge on any atom is -0.208 e. The first-order chi connectivity index (χ1) is 19.2. The maximum Gasteiger partial charge on any atom is 0.164 e. The first-order valence-electron chi connectivity index (χ1n) is 12.9. The fraction of sp³-hybridized carbons (Fsp3) is 0.0294. The van der Waals surface area contributed by atoms with Crippen molar-refractivity contribution in [2.75, 3.05) is 0 Å². The number of aryl methyl sites for hydroxylation is 1. The third kappa shape index (κ3) is 3.58. The molecule has 5 aromatic carbocycles. The van der Waals surface area contributed by atoms with Crippen molar-refractivity contribution in [2.45, 2.75) is 6.92 Å². The molecule has 8 rings (SSSR count). The minimum atomic E-state index is 0.681. The molecule has 184 valence electrons. The van der Waals surface area contributed by atoms with Gasteiger partial charge in [0.2, 0.25) is 0 Å². The highest BCUT2D eigenvalue weighted by Gasteiger charge is 2.19. The maximum atomic E-state index is 5.19. The molecule has 0 N–H and O–H groups in total. The van der Waals surface area contributed by atoms with E-state index in [1.807, 2.05) is 40.9 Å². The van der Waals surface area contributed by atoms with Crippen LogP contribution in [0.15, 0.2) is 109 Å². The molecule has 0 saturated heterocycles. The Labute approximate surface area is 233 Å². The highest BCUT2D eigenvalue weighted by Crippen LogP contribution is 2.42. The van der Waals surface area contributed by atoms with Crippen LogP contribution < -0.4 is 0 Å². The lowest BCUT2D eigenvalue weighted by Gasteiger charge is -2.11. The lowest BCUT2D eigenvalue weighted by molar-refractivity contribution is 1.08. The topological polar surface area (TPSA) is 38.7 Å². The van der Waals surface area contributed by atoms with Crippen molar-refractivity contribution in [3.05, 3.63) is 115 Å². The summed E-state index contributed by atoms with van der Waals surface area (Å²) in [5.41, 5.74) is 4.31. The van der Waals surface area contributed by atoms with Crippen LogP contribution in [-0.2, 0) is 0 Å². The Morgan fingerprint density at radius 2 is 0.974 bits per heavy atom. The number of thiophene rings is 2. The Hall–Kier alpha value is -4.45. The molecule has 5 heteroatoms. The summed E-state index contributed by atoms with van der Waals surface area (Å²) in [6, 6.07) is 38.2. The van der Waals surface area contributed by atoms with E-state index in [4.69, 9.17) is 15.0 Å². The molecule has 3 heterocycles. The van der Waals surface area contributed by atoms with Crippen LogP contribution in [0.4, 0.5) is 0 Å². The molecule has 0 aliphatic rings. The van der Waals surface area contributed by atoms with Gasteiger partial charge in [-0.1, -0.05) is 84.9 Å².